The van der Waals surface area contributed by atoms with Gasteiger partial charge in [0.15, 0.2) is 0 Å². The Labute approximate surface area is 151 Å². The van der Waals surface area contributed by atoms with Crippen molar-refractivity contribution in [1.82, 2.24) is 9.97 Å². The van der Waals surface area contributed by atoms with Gasteiger partial charge in [-0.3, -0.25) is 4.98 Å². The van der Waals surface area contributed by atoms with Crippen molar-refractivity contribution >= 4 is 33.4 Å². The second-order valence-electron chi connectivity index (χ2n) is 6.39. The maximum absolute atomic E-state index is 6.47. The van der Waals surface area contributed by atoms with Crippen molar-refractivity contribution in [2.45, 2.75) is 20.8 Å². The smallest absolute Gasteiger partial charge is 0.122 e. The van der Waals surface area contributed by atoms with E-state index in [0.29, 0.717) is 0 Å². The predicted octanol–water partition coefficient (Wildman–Crippen LogP) is 5.97. The summed E-state index contributed by atoms with van der Waals surface area (Å²) in [5, 5.41) is 3.00. The van der Waals surface area contributed by atoms with E-state index in [9.17, 15) is 0 Å². The molecule has 4 heteroatoms. The molecule has 0 saturated heterocycles. The molecule has 25 heavy (non-hydrogen) atoms. The number of benzene rings is 2. The summed E-state index contributed by atoms with van der Waals surface area (Å²) in [4.78, 5) is 7.96. The van der Waals surface area contributed by atoms with Gasteiger partial charge in [-0.15, -0.1) is 0 Å². The summed E-state index contributed by atoms with van der Waals surface area (Å²) < 4.78 is 5.45. The highest BCUT2D eigenvalue weighted by atomic mass is 35.5. The lowest BCUT2D eigenvalue weighted by Gasteiger charge is -2.14. The van der Waals surface area contributed by atoms with E-state index in [2.05, 4.69) is 29.9 Å². The molecule has 4 aromatic rings. The largest absolute Gasteiger partial charge is 0.496 e. The zero-order chi connectivity index (χ0) is 17.7. The van der Waals surface area contributed by atoms with Gasteiger partial charge >= 0.3 is 0 Å². The maximum atomic E-state index is 6.47. The van der Waals surface area contributed by atoms with Crippen molar-refractivity contribution in [2.75, 3.05) is 7.11 Å². The van der Waals surface area contributed by atoms with Crippen LogP contribution in [0.15, 0.2) is 36.5 Å². The van der Waals surface area contributed by atoms with Gasteiger partial charge < -0.3 is 9.72 Å². The van der Waals surface area contributed by atoms with Crippen LogP contribution in [0.25, 0.3) is 32.9 Å². The quantitative estimate of drug-likeness (QED) is 0.483. The van der Waals surface area contributed by atoms with Crippen LogP contribution in [0.3, 0.4) is 0 Å². The number of halogens is 1. The van der Waals surface area contributed by atoms with Crippen molar-refractivity contribution in [3.8, 4) is 16.9 Å². The van der Waals surface area contributed by atoms with Crippen LogP contribution in [0.4, 0.5) is 0 Å². The van der Waals surface area contributed by atoms with Gasteiger partial charge in [0.1, 0.15) is 5.75 Å². The standard InChI is InChI=1S/C21H19ClN2O/c1-11-12(2)19(25-4)6-5-15(11)17-9-14(22)10-18-16-7-8-23-13(3)20(16)24-21(17)18/h5-10,24H,1-4H3. The monoisotopic (exact) mass is 350 g/mol. The Hall–Kier alpha value is -2.52. The fourth-order valence-corrected chi connectivity index (χ4v) is 3.77. The molecule has 0 fully saturated rings. The van der Waals surface area contributed by atoms with Gasteiger partial charge in [0, 0.05) is 27.6 Å². The summed E-state index contributed by atoms with van der Waals surface area (Å²) >= 11 is 6.47. The summed E-state index contributed by atoms with van der Waals surface area (Å²) in [7, 11) is 1.70. The number of aromatic amines is 1. The molecule has 3 nitrogen and oxygen atoms in total. The molecule has 0 saturated carbocycles. The van der Waals surface area contributed by atoms with Crippen molar-refractivity contribution in [2.24, 2.45) is 0 Å². The van der Waals surface area contributed by atoms with Crippen LogP contribution in [0, 0.1) is 20.8 Å². The molecule has 2 aromatic heterocycles. The zero-order valence-electron chi connectivity index (χ0n) is 14.7. The zero-order valence-corrected chi connectivity index (χ0v) is 15.5. The van der Waals surface area contributed by atoms with Crippen LogP contribution in [-0.4, -0.2) is 17.1 Å². The van der Waals surface area contributed by atoms with E-state index < -0.39 is 0 Å². The first-order valence-corrected chi connectivity index (χ1v) is 8.60. The molecule has 4 rings (SSSR count). The topological polar surface area (TPSA) is 37.9 Å². The van der Waals surface area contributed by atoms with Crippen LogP contribution in [0.2, 0.25) is 5.02 Å². The van der Waals surface area contributed by atoms with Gasteiger partial charge in [0.2, 0.25) is 0 Å². The summed E-state index contributed by atoms with van der Waals surface area (Å²) in [5.41, 5.74) is 7.72. The van der Waals surface area contributed by atoms with Crippen molar-refractivity contribution in [3.63, 3.8) is 0 Å². The summed E-state index contributed by atoms with van der Waals surface area (Å²) in [6.45, 7) is 6.22. The van der Waals surface area contributed by atoms with Crippen molar-refractivity contribution in [1.29, 1.82) is 0 Å². The van der Waals surface area contributed by atoms with Crippen LogP contribution in [0.1, 0.15) is 16.8 Å². The number of aryl methyl sites for hydroxylation is 1. The van der Waals surface area contributed by atoms with Crippen molar-refractivity contribution < 1.29 is 4.74 Å². The number of rotatable bonds is 2. The lowest BCUT2D eigenvalue weighted by molar-refractivity contribution is 0.411. The molecule has 1 N–H and O–H groups in total. The molecule has 2 heterocycles. The Balaban J connectivity index is 2.11. The third-order valence-electron chi connectivity index (χ3n) is 5.03. The van der Waals surface area contributed by atoms with E-state index >= 15 is 0 Å². The number of methoxy groups -OCH3 is 1. The number of H-pyrrole nitrogens is 1. The second kappa shape index (κ2) is 5.78. The fourth-order valence-electron chi connectivity index (χ4n) is 3.55. The summed E-state index contributed by atoms with van der Waals surface area (Å²) in [5.74, 6) is 0.899. The SMILES string of the molecule is COc1ccc(-c2cc(Cl)cc3c2[nH]c2c(C)nccc23)c(C)c1C. The molecule has 2 aromatic carbocycles. The van der Waals surface area contributed by atoms with Gasteiger partial charge in [-0.25, -0.2) is 0 Å². The van der Waals surface area contributed by atoms with Crippen LogP contribution >= 0.6 is 11.6 Å². The normalized spacial score (nSPS) is 11.4. The minimum absolute atomic E-state index is 0.728. The van der Waals surface area contributed by atoms with Gasteiger partial charge in [0.25, 0.3) is 0 Å². The minimum Gasteiger partial charge on any atom is -0.496 e. The Kier molecular flexibility index (Phi) is 3.69. The third-order valence-corrected chi connectivity index (χ3v) is 5.25. The Morgan fingerprint density at radius 2 is 1.72 bits per heavy atom. The van der Waals surface area contributed by atoms with E-state index in [0.717, 1.165) is 55.0 Å². The van der Waals surface area contributed by atoms with E-state index in [1.807, 2.05) is 37.4 Å². The molecule has 0 atom stereocenters. The molecule has 126 valence electrons. The Morgan fingerprint density at radius 3 is 2.48 bits per heavy atom. The average molecular weight is 351 g/mol. The van der Waals surface area contributed by atoms with E-state index in [-0.39, 0.29) is 0 Å². The average Bonchev–Trinajstić information content (AvgIpc) is 2.97. The Bertz CT molecular complexity index is 1130. The van der Waals surface area contributed by atoms with E-state index in [1.165, 1.54) is 5.56 Å². The molecule has 0 spiro atoms. The maximum Gasteiger partial charge on any atom is 0.122 e. The first-order valence-electron chi connectivity index (χ1n) is 8.22. The minimum atomic E-state index is 0.728. The number of ether oxygens (including phenoxy) is 1. The first kappa shape index (κ1) is 16.0. The first-order chi connectivity index (χ1) is 12.0. The second-order valence-corrected chi connectivity index (χ2v) is 6.82. The molecule has 0 unspecified atom stereocenters. The van der Waals surface area contributed by atoms with Crippen LogP contribution < -0.4 is 4.74 Å². The molecule has 0 aliphatic heterocycles. The van der Waals surface area contributed by atoms with Gasteiger partial charge in [-0.2, -0.15) is 0 Å². The van der Waals surface area contributed by atoms with Crippen molar-refractivity contribution in [3.05, 3.63) is 58.4 Å². The number of nitrogens with one attached hydrogen (secondary N) is 1. The van der Waals surface area contributed by atoms with Gasteiger partial charge in [-0.1, -0.05) is 17.7 Å². The molecular formula is C21H19ClN2O. The molecule has 0 radical (unpaired) electrons. The number of fused-ring (bicyclic) bond motifs is 3. The number of hydrogen-bond acceptors (Lipinski definition) is 2. The molecule has 0 bridgehead atoms. The van der Waals surface area contributed by atoms with Crippen LogP contribution in [-0.2, 0) is 0 Å². The van der Waals surface area contributed by atoms with Gasteiger partial charge in [-0.05, 0) is 61.7 Å². The highest BCUT2D eigenvalue weighted by Crippen LogP contribution is 2.39. The highest BCUT2D eigenvalue weighted by molar-refractivity contribution is 6.32. The molecule has 0 aliphatic carbocycles. The lowest BCUT2D eigenvalue weighted by atomic mass is 9.95. The summed E-state index contributed by atoms with van der Waals surface area (Å²) in [6, 6.07) is 10.2. The van der Waals surface area contributed by atoms with E-state index in [4.69, 9.17) is 16.3 Å². The fraction of sp³-hybridized carbons (Fsp3) is 0.190. The lowest BCUT2D eigenvalue weighted by Crippen LogP contribution is -1.93. The van der Waals surface area contributed by atoms with E-state index in [1.54, 1.807) is 7.11 Å². The van der Waals surface area contributed by atoms with Crippen LogP contribution in [0.5, 0.6) is 5.75 Å². The number of hydrogen-bond donors (Lipinski definition) is 1. The predicted molar refractivity (Wildman–Crippen MR) is 105 cm³/mol. The number of nitrogens with zero attached hydrogens (tertiary/aromatic N) is 1. The third kappa shape index (κ3) is 2.38. The Morgan fingerprint density at radius 1 is 0.920 bits per heavy atom. The molecule has 0 aliphatic rings. The summed E-state index contributed by atoms with van der Waals surface area (Å²) in [6.07, 6.45) is 1.84. The van der Waals surface area contributed by atoms with Gasteiger partial charge in [0.05, 0.1) is 23.8 Å². The highest BCUT2D eigenvalue weighted by Gasteiger charge is 2.16. The molecular weight excluding hydrogens is 332 g/mol. The number of aromatic nitrogens is 2. The molecule has 0 amide bonds. The number of pyridine rings is 1.